The Labute approximate surface area is 156 Å². The van der Waals surface area contributed by atoms with Gasteiger partial charge in [0.15, 0.2) is 17.5 Å². The van der Waals surface area contributed by atoms with Crippen molar-refractivity contribution in [2.45, 2.75) is 26.6 Å². The normalized spacial score (nSPS) is 11.4. The lowest BCUT2D eigenvalue weighted by atomic mass is 10.2. The van der Waals surface area contributed by atoms with Gasteiger partial charge in [-0.2, -0.15) is 8.78 Å². The zero-order valence-corrected chi connectivity index (χ0v) is 15.1. The van der Waals surface area contributed by atoms with Crippen LogP contribution >= 0.6 is 0 Å². The summed E-state index contributed by atoms with van der Waals surface area (Å²) in [7, 11) is 1.58. The standard InChI is InChI=1S/C19H22F3N3O2/c1-3-26-16-9-5-7-14(17(16)27-18(21)22)12-25-19(23-2)24-11-13-6-4-8-15(20)10-13/h4-10,18H,3,11-12H2,1-2H3,(H2,23,24,25). The molecule has 0 aliphatic carbocycles. The summed E-state index contributed by atoms with van der Waals surface area (Å²) in [4.78, 5) is 4.07. The predicted molar refractivity (Wildman–Crippen MR) is 97.7 cm³/mol. The molecule has 2 aromatic carbocycles. The van der Waals surface area contributed by atoms with Gasteiger partial charge in [-0.1, -0.05) is 24.3 Å². The molecular formula is C19H22F3N3O2. The van der Waals surface area contributed by atoms with E-state index in [0.29, 0.717) is 24.7 Å². The van der Waals surface area contributed by atoms with Crippen molar-refractivity contribution in [3.05, 3.63) is 59.4 Å². The summed E-state index contributed by atoms with van der Waals surface area (Å²) in [6.45, 7) is -0.332. The van der Waals surface area contributed by atoms with Gasteiger partial charge < -0.3 is 20.1 Å². The summed E-state index contributed by atoms with van der Waals surface area (Å²) in [5.74, 6) is 0.352. The van der Waals surface area contributed by atoms with Crippen LogP contribution in [0.15, 0.2) is 47.5 Å². The molecule has 2 N–H and O–H groups in total. The number of rotatable bonds is 8. The highest BCUT2D eigenvalue weighted by molar-refractivity contribution is 5.79. The minimum Gasteiger partial charge on any atom is -0.490 e. The Morgan fingerprint density at radius 1 is 1.11 bits per heavy atom. The number of ether oxygens (including phenoxy) is 2. The number of aliphatic imine (C=N–C) groups is 1. The average molecular weight is 381 g/mol. The van der Waals surface area contributed by atoms with Gasteiger partial charge in [-0.25, -0.2) is 4.39 Å². The number of hydrogen-bond acceptors (Lipinski definition) is 3. The molecule has 0 saturated carbocycles. The Balaban J connectivity index is 2.03. The molecule has 8 heteroatoms. The van der Waals surface area contributed by atoms with Crippen molar-refractivity contribution < 1.29 is 22.6 Å². The Bertz CT molecular complexity index is 770. The van der Waals surface area contributed by atoms with Crippen molar-refractivity contribution >= 4 is 5.96 Å². The van der Waals surface area contributed by atoms with E-state index in [1.54, 1.807) is 44.3 Å². The molecular weight excluding hydrogens is 359 g/mol. The van der Waals surface area contributed by atoms with E-state index in [4.69, 9.17) is 4.74 Å². The third-order valence-corrected chi connectivity index (χ3v) is 3.59. The quantitative estimate of drug-likeness (QED) is 0.541. The molecule has 0 spiro atoms. The third kappa shape index (κ3) is 6.40. The number of alkyl halides is 2. The molecule has 0 radical (unpaired) electrons. The molecule has 0 unspecified atom stereocenters. The van der Waals surface area contributed by atoms with Crippen LogP contribution in [0.5, 0.6) is 11.5 Å². The van der Waals surface area contributed by atoms with E-state index in [9.17, 15) is 13.2 Å². The fraction of sp³-hybridized carbons (Fsp3) is 0.316. The highest BCUT2D eigenvalue weighted by Gasteiger charge is 2.16. The molecule has 27 heavy (non-hydrogen) atoms. The van der Waals surface area contributed by atoms with Gasteiger partial charge in [-0.15, -0.1) is 0 Å². The predicted octanol–water partition coefficient (Wildman–Crippen LogP) is 3.69. The number of guanidine groups is 1. The second-order valence-electron chi connectivity index (χ2n) is 5.47. The number of nitrogens with one attached hydrogen (secondary N) is 2. The van der Waals surface area contributed by atoms with Crippen LogP contribution in [0, 0.1) is 5.82 Å². The van der Waals surface area contributed by atoms with Crippen molar-refractivity contribution in [2.75, 3.05) is 13.7 Å². The lowest BCUT2D eigenvalue weighted by Gasteiger charge is -2.17. The molecule has 0 aliphatic rings. The van der Waals surface area contributed by atoms with Crippen molar-refractivity contribution in [3.8, 4) is 11.5 Å². The Kier molecular flexibility index (Phi) is 7.79. The second kappa shape index (κ2) is 10.3. The Morgan fingerprint density at radius 2 is 1.85 bits per heavy atom. The van der Waals surface area contributed by atoms with Crippen LogP contribution in [0.4, 0.5) is 13.2 Å². The van der Waals surface area contributed by atoms with E-state index in [0.717, 1.165) is 5.56 Å². The van der Waals surface area contributed by atoms with Gasteiger partial charge in [-0.3, -0.25) is 4.99 Å². The van der Waals surface area contributed by atoms with Gasteiger partial charge in [0.05, 0.1) is 6.61 Å². The summed E-state index contributed by atoms with van der Waals surface area (Å²) in [6.07, 6.45) is 0. The van der Waals surface area contributed by atoms with Gasteiger partial charge >= 0.3 is 6.61 Å². The lowest BCUT2D eigenvalue weighted by Crippen LogP contribution is -2.36. The number of benzene rings is 2. The molecule has 2 rings (SSSR count). The van der Waals surface area contributed by atoms with Crippen LogP contribution < -0.4 is 20.1 Å². The van der Waals surface area contributed by atoms with E-state index in [2.05, 4.69) is 20.4 Å². The molecule has 0 aromatic heterocycles. The molecule has 146 valence electrons. The van der Waals surface area contributed by atoms with Crippen molar-refractivity contribution in [1.29, 1.82) is 0 Å². The highest BCUT2D eigenvalue weighted by atomic mass is 19.3. The molecule has 0 saturated heterocycles. The molecule has 0 atom stereocenters. The second-order valence-corrected chi connectivity index (χ2v) is 5.47. The van der Waals surface area contributed by atoms with Crippen molar-refractivity contribution in [2.24, 2.45) is 4.99 Å². The number of hydrogen-bond donors (Lipinski definition) is 2. The molecule has 0 bridgehead atoms. The first-order valence-electron chi connectivity index (χ1n) is 8.42. The van der Waals surface area contributed by atoms with E-state index < -0.39 is 6.61 Å². The fourth-order valence-electron chi connectivity index (χ4n) is 2.42. The number of para-hydroxylation sites is 1. The van der Waals surface area contributed by atoms with E-state index >= 15 is 0 Å². The Hall–Kier alpha value is -2.90. The maximum atomic E-state index is 13.2. The summed E-state index contributed by atoms with van der Waals surface area (Å²) >= 11 is 0. The average Bonchev–Trinajstić information content (AvgIpc) is 2.64. The zero-order valence-electron chi connectivity index (χ0n) is 15.1. The van der Waals surface area contributed by atoms with E-state index in [-0.39, 0.29) is 23.9 Å². The number of halogens is 3. The first-order valence-corrected chi connectivity index (χ1v) is 8.42. The molecule has 0 heterocycles. The van der Waals surface area contributed by atoms with Gasteiger partial charge in [0, 0.05) is 25.7 Å². The van der Waals surface area contributed by atoms with Crippen LogP contribution in [-0.2, 0) is 13.1 Å². The van der Waals surface area contributed by atoms with Gasteiger partial charge in [0.25, 0.3) is 0 Å². The first kappa shape index (κ1) is 20.4. The molecule has 0 fully saturated rings. The zero-order chi connectivity index (χ0) is 19.6. The Morgan fingerprint density at radius 3 is 2.52 bits per heavy atom. The summed E-state index contributed by atoms with van der Waals surface area (Å²) in [5, 5.41) is 6.05. The maximum Gasteiger partial charge on any atom is 0.387 e. The summed E-state index contributed by atoms with van der Waals surface area (Å²) in [6, 6.07) is 11.1. The summed E-state index contributed by atoms with van der Waals surface area (Å²) < 4.78 is 48.8. The summed E-state index contributed by atoms with van der Waals surface area (Å²) in [5.41, 5.74) is 1.24. The third-order valence-electron chi connectivity index (χ3n) is 3.59. The minimum absolute atomic E-state index is 0.0116. The molecule has 0 amide bonds. The molecule has 2 aromatic rings. The lowest BCUT2D eigenvalue weighted by molar-refractivity contribution is -0.0520. The molecule has 5 nitrogen and oxygen atoms in total. The van der Waals surface area contributed by atoms with Crippen LogP contribution in [0.3, 0.4) is 0 Å². The molecule has 0 aliphatic heterocycles. The SMILES string of the molecule is CCOc1cccc(CNC(=NC)NCc2cccc(F)c2)c1OC(F)F. The monoisotopic (exact) mass is 381 g/mol. The van der Waals surface area contributed by atoms with Gasteiger partial charge in [-0.05, 0) is 30.7 Å². The van der Waals surface area contributed by atoms with Crippen LogP contribution in [0.2, 0.25) is 0 Å². The van der Waals surface area contributed by atoms with E-state index in [1.165, 1.54) is 12.1 Å². The number of nitrogens with zero attached hydrogens (tertiary/aromatic N) is 1. The highest BCUT2D eigenvalue weighted by Crippen LogP contribution is 2.32. The van der Waals surface area contributed by atoms with Gasteiger partial charge in [0.1, 0.15) is 5.82 Å². The first-order chi connectivity index (χ1) is 13.0. The van der Waals surface area contributed by atoms with Crippen molar-refractivity contribution in [3.63, 3.8) is 0 Å². The van der Waals surface area contributed by atoms with Crippen LogP contribution in [0.1, 0.15) is 18.1 Å². The van der Waals surface area contributed by atoms with Gasteiger partial charge in [0.2, 0.25) is 0 Å². The van der Waals surface area contributed by atoms with Crippen molar-refractivity contribution in [1.82, 2.24) is 10.6 Å². The van der Waals surface area contributed by atoms with E-state index in [1.807, 2.05) is 0 Å². The van der Waals surface area contributed by atoms with Crippen LogP contribution in [-0.4, -0.2) is 26.2 Å². The van der Waals surface area contributed by atoms with Crippen LogP contribution in [0.25, 0.3) is 0 Å². The largest absolute Gasteiger partial charge is 0.490 e. The fourth-order valence-corrected chi connectivity index (χ4v) is 2.42. The minimum atomic E-state index is -2.96. The maximum absolute atomic E-state index is 13.2. The topological polar surface area (TPSA) is 54.9 Å². The smallest absolute Gasteiger partial charge is 0.387 e.